The Kier molecular flexibility index (Phi) is 9.62. The molecule has 0 radical (unpaired) electrons. The van der Waals surface area contributed by atoms with Crippen molar-refractivity contribution in [2.24, 2.45) is 5.73 Å². The van der Waals surface area contributed by atoms with E-state index in [1.807, 2.05) is 13.8 Å². The van der Waals surface area contributed by atoms with Crippen molar-refractivity contribution < 1.29 is 9.59 Å². The van der Waals surface area contributed by atoms with Crippen LogP contribution in [0, 0.1) is 0 Å². The lowest BCUT2D eigenvalue weighted by molar-refractivity contribution is -0.135. The highest BCUT2D eigenvalue weighted by molar-refractivity contribution is 5.91. The number of carbonyl (C=O) groups is 2. The molecule has 124 valence electrons. The summed E-state index contributed by atoms with van der Waals surface area (Å²) in [6.07, 6.45) is 6.55. The topological polar surface area (TPSA) is 84.2 Å². The zero-order valence-corrected chi connectivity index (χ0v) is 14.1. The van der Waals surface area contributed by atoms with Gasteiger partial charge in [0.05, 0.1) is 0 Å². The summed E-state index contributed by atoms with van der Waals surface area (Å²) >= 11 is 0. The molecule has 0 aliphatic heterocycles. The molecule has 0 spiro atoms. The number of halogens is 1. The summed E-state index contributed by atoms with van der Waals surface area (Å²) < 4.78 is 0. The lowest BCUT2D eigenvalue weighted by Crippen LogP contribution is -2.59. The Hall–Kier alpha value is -0.810. The van der Waals surface area contributed by atoms with Crippen LogP contribution in [0.4, 0.5) is 0 Å². The first-order chi connectivity index (χ1) is 9.50. The molecule has 5 nitrogen and oxygen atoms in total. The van der Waals surface area contributed by atoms with Crippen molar-refractivity contribution in [2.75, 3.05) is 6.54 Å². The number of nitrogens with two attached hydrogens (primary N) is 1. The van der Waals surface area contributed by atoms with Crippen LogP contribution in [0.1, 0.15) is 65.2 Å². The van der Waals surface area contributed by atoms with Crippen molar-refractivity contribution in [3.63, 3.8) is 0 Å². The third kappa shape index (κ3) is 6.66. The fourth-order valence-electron chi connectivity index (χ4n) is 2.66. The van der Waals surface area contributed by atoms with Gasteiger partial charge in [0, 0.05) is 19.0 Å². The third-order valence-corrected chi connectivity index (χ3v) is 3.88. The van der Waals surface area contributed by atoms with E-state index in [1.54, 1.807) is 0 Å². The van der Waals surface area contributed by atoms with Crippen LogP contribution in [0.5, 0.6) is 0 Å². The molecule has 1 saturated carbocycles. The molecule has 0 bridgehead atoms. The van der Waals surface area contributed by atoms with Gasteiger partial charge in [-0.15, -0.1) is 12.4 Å². The summed E-state index contributed by atoms with van der Waals surface area (Å²) in [5.74, 6) is -0.0796. The molecule has 0 aromatic rings. The van der Waals surface area contributed by atoms with E-state index in [4.69, 9.17) is 5.73 Å². The number of hydrogen-bond acceptors (Lipinski definition) is 3. The van der Waals surface area contributed by atoms with Crippen LogP contribution in [0.2, 0.25) is 0 Å². The van der Waals surface area contributed by atoms with Gasteiger partial charge in [0.2, 0.25) is 11.8 Å². The average Bonchev–Trinajstić information content (AvgIpc) is 2.43. The van der Waals surface area contributed by atoms with Gasteiger partial charge in [-0.1, -0.05) is 26.2 Å². The quantitative estimate of drug-likeness (QED) is 0.670. The van der Waals surface area contributed by atoms with Crippen LogP contribution in [0.25, 0.3) is 0 Å². The van der Waals surface area contributed by atoms with E-state index in [0.29, 0.717) is 19.4 Å². The highest BCUT2D eigenvalue weighted by Gasteiger charge is 2.40. The van der Waals surface area contributed by atoms with Gasteiger partial charge in [-0.25, -0.2) is 0 Å². The van der Waals surface area contributed by atoms with Gasteiger partial charge >= 0.3 is 0 Å². The SMILES string of the molecule is CCCNC(=O)C1(NC(=O)CCC(C)N)CCCCC1.Cl. The normalized spacial score (nSPS) is 18.2. The lowest BCUT2D eigenvalue weighted by Gasteiger charge is -2.36. The first kappa shape index (κ1) is 20.2. The summed E-state index contributed by atoms with van der Waals surface area (Å²) in [6.45, 7) is 4.57. The molecule has 6 heteroatoms. The van der Waals surface area contributed by atoms with E-state index in [1.165, 1.54) is 0 Å². The Morgan fingerprint density at radius 2 is 1.86 bits per heavy atom. The van der Waals surface area contributed by atoms with Crippen LogP contribution in [-0.4, -0.2) is 29.9 Å². The van der Waals surface area contributed by atoms with Crippen LogP contribution >= 0.6 is 12.4 Å². The second kappa shape index (κ2) is 10.0. The van der Waals surface area contributed by atoms with Crippen molar-refractivity contribution in [3.8, 4) is 0 Å². The van der Waals surface area contributed by atoms with Crippen molar-refractivity contribution in [1.29, 1.82) is 0 Å². The highest BCUT2D eigenvalue weighted by atomic mass is 35.5. The van der Waals surface area contributed by atoms with Gasteiger partial charge in [-0.3, -0.25) is 9.59 Å². The minimum atomic E-state index is -0.692. The predicted octanol–water partition coefficient (Wildman–Crippen LogP) is 1.88. The van der Waals surface area contributed by atoms with Gasteiger partial charge in [-0.05, 0) is 32.6 Å². The Morgan fingerprint density at radius 1 is 1.24 bits per heavy atom. The molecular formula is C15H30ClN3O2. The summed E-state index contributed by atoms with van der Waals surface area (Å²) in [5, 5.41) is 5.92. The van der Waals surface area contributed by atoms with Crippen molar-refractivity contribution in [3.05, 3.63) is 0 Å². The van der Waals surface area contributed by atoms with Crippen LogP contribution in [0.15, 0.2) is 0 Å². The number of hydrogen-bond donors (Lipinski definition) is 3. The Balaban J connectivity index is 0.00000400. The molecule has 1 aliphatic rings. The van der Waals surface area contributed by atoms with E-state index in [-0.39, 0.29) is 30.3 Å². The molecule has 0 aromatic carbocycles. The maximum absolute atomic E-state index is 12.4. The van der Waals surface area contributed by atoms with Gasteiger partial charge < -0.3 is 16.4 Å². The lowest BCUT2D eigenvalue weighted by atomic mass is 9.80. The largest absolute Gasteiger partial charge is 0.354 e. The van der Waals surface area contributed by atoms with E-state index in [0.717, 1.165) is 38.5 Å². The molecule has 1 aliphatic carbocycles. The molecule has 0 saturated heterocycles. The van der Waals surface area contributed by atoms with E-state index in [9.17, 15) is 9.59 Å². The summed E-state index contributed by atoms with van der Waals surface area (Å²) in [4.78, 5) is 24.5. The van der Waals surface area contributed by atoms with Crippen molar-refractivity contribution >= 4 is 24.2 Å². The smallest absolute Gasteiger partial charge is 0.245 e. The summed E-state index contributed by atoms with van der Waals surface area (Å²) in [6, 6.07) is 0.0111. The predicted molar refractivity (Wildman–Crippen MR) is 87.4 cm³/mol. The fourth-order valence-corrected chi connectivity index (χ4v) is 2.66. The molecule has 1 rings (SSSR count). The Labute approximate surface area is 134 Å². The second-order valence-corrected chi connectivity index (χ2v) is 5.96. The Morgan fingerprint density at radius 3 is 2.38 bits per heavy atom. The second-order valence-electron chi connectivity index (χ2n) is 5.96. The van der Waals surface area contributed by atoms with Crippen LogP contribution in [-0.2, 0) is 9.59 Å². The maximum Gasteiger partial charge on any atom is 0.245 e. The standard InChI is InChI=1S/C15H29N3O2.ClH/c1-3-11-17-14(20)15(9-5-4-6-10-15)18-13(19)8-7-12(2)16;/h12H,3-11,16H2,1-2H3,(H,17,20)(H,18,19);1H. The van der Waals surface area contributed by atoms with Gasteiger partial charge in [0.25, 0.3) is 0 Å². The minimum absolute atomic E-state index is 0. The molecule has 2 amide bonds. The van der Waals surface area contributed by atoms with Gasteiger partial charge in [-0.2, -0.15) is 0 Å². The zero-order chi connectivity index (χ0) is 15.0. The summed E-state index contributed by atoms with van der Waals surface area (Å²) in [7, 11) is 0. The molecule has 0 heterocycles. The molecule has 1 unspecified atom stereocenters. The van der Waals surface area contributed by atoms with Gasteiger partial charge in [0.1, 0.15) is 5.54 Å². The van der Waals surface area contributed by atoms with Crippen LogP contribution in [0.3, 0.4) is 0 Å². The zero-order valence-electron chi connectivity index (χ0n) is 13.2. The monoisotopic (exact) mass is 319 g/mol. The van der Waals surface area contributed by atoms with E-state index in [2.05, 4.69) is 10.6 Å². The summed E-state index contributed by atoms with van der Waals surface area (Å²) in [5.41, 5.74) is 4.98. The molecule has 4 N–H and O–H groups in total. The molecule has 21 heavy (non-hydrogen) atoms. The first-order valence-electron chi connectivity index (χ1n) is 7.85. The highest BCUT2D eigenvalue weighted by Crippen LogP contribution is 2.28. The number of rotatable bonds is 7. The van der Waals surface area contributed by atoms with E-state index >= 15 is 0 Å². The molecule has 1 atom stereocenters. The van der Waals surface area contributed by atoms with E-state index < -0.39 is 5.54 Å². The number of nitrogens with one attached hydrogen (secondary N) is 2. The first-order valence-corrected chi connectivity index (χ1v) is 7.85. The van der Waals surface area contributed by atoms with Crippen LogP contribution < -0.4 is 16.4 Å². The molecular weight excluding hydrogens is 290 g/mol. The van der Waals surface area contributed by atoms with Crippen molar-refractivity contribution in [1.82, 2.24) is 10.6 Å². The number of amides is 2. The van der Waals surface area contributed by atoms with Crippen molar-refractivity contribution in [2.45, 2.75) is 76.8 Å². The third-order valence-electron chi connectivity index (χ3n) is 3.88. The fraction of sp³-hybridized carbons (Fsp3) is 0.867. The Bertz CT molecular complexity index is 329. The average molecular weight is 320 g/mol. The maximum atomic E-state index is 12.4. The molecule has 1 fully saturated rings. The number of carbonyl (C=O) groups excluding carboxylic acids is 2. The minimum Gasteiger partial charge on any atom is -0.354 e. The van der Waals surface area contributed by atoms with Gasteiger partial charge in [0.15, 0.2) is 0 Å². The molecule has 0 aromatic heterocycles.